The van der Waals surface area contributed by atoms with Gasteiger partial charge < -0.3 is 18.6 Å². The Morgan fingerprint density at radius 2 is 0.667 bits per heavy atom. The van der Waals surface area contributed by atoms with Crippen LogP contribution in [0.5, 0.6) is 0 Å². The third kappa shape index (κ3) is 6.78. The summed E-state index contributed by atoms with van der Waals surface area (Å²) in [6.45, 7) is 18.4. The Labute approximate surface area is 455 Å². The summed E-state index contributed by atoms with van der Waals surface area (Å²) in [6.07, 6.45) is 0. The van der Waals surface area contributed by atoms with Crippen LogP contribution in [-0.4, -0.2) is 0 Å². The second-order valence-corrected chi connectivity index (χ2v) is 23.7. The minimum absolute atomic E-state index is 0.0683. The lowest BCUT2D eigenvalue weighted by Crippen LogP contribution is -2.15. The van der Waals surface area contributed by atoms with Crippen LogP contribution in [-0.2, 0) is 10.8 Å². The topological polar surface area (TPSA) is 32.8 Å². The van der Waals surface area contributed by atoms with E-state index >= 15 is 0 Å². The van der Waals surface area contributed by atoms with E-state index in [1.807, 2.05) is 0 Å². The van der Waals surface area contributed by atoms with Crippen LogP contribution >= 0.6 is 0 Å². The molecule has 2 aliphatic carbocycles. The Morgan fingerprint density at radius 3 is 1.08 bits per heavy atom. The van der Waals surface area contributed by atoms with E-state index in [1.165, 1.54) is 55.6 Å². The van der Waals surface area contributed by atoms with Crippen LogP contribution in [0.1, 0.15) is 101 Å². The van der Waals surface area contributed by atoms with Crippen molar-refractivity contribution in [2.45, 2.75) is 78.1 Å². The molecule has 0 saturated carbocycles. The normalized spacial score (nSPS) is 14.1. The summed E-state index contributed by atoms with van der Waals surface area (Å²) >= 11 is 0. The van der Waals surface area contributed by atoms with E-state index in [9.17, 15) is 0 Å². The van der Waals surface area contributed by atoms with Gasteiger partial charge in [-0.1, -0.05) is 152 Å². The average Bonchev–Trinajstić information content (AvgIpc) is 4.35. The molecule has 2 heterocycles. The van der Waals surface area contributed by atoms with Gasteiger partial charge in [0.05, 0.1) is 0 Å². The number of fused-ring (bicyclic) bond motifs is 17. The van der Waals surface area contributed by atoms with Crippen LogP contribution in [0, 0.1) is 0 Å². The van der Waals surface area contributed by atoms with Gasteiger partial charge in [-0.15, -0.1) is 0 Å². The highest BCUT2D eigenvalue weighted by Crippen LogP contribution is 2.53. The number of nitrogens with zero attached hydrogens (tertiary/aromatic N) is 2. The highest BCUT2D eigenvalue weighted by atomic mass is 16.3. The van der Waals surface area contributed by atoms with Gasteiger partial charge in [0.15, 0.2) is 0 Å². The molecule has 0 N–H and O–H groups in total. The molecule has 0 spiro atoms. The van der Waals surface area contributed by atoms with Gasteiger partial charge in [0.25, 0.3) is 0 Å². The van der Waals surface area contributed by atoms with Crippen LogP contribution in [0.4, 0.5) is 34.1 Å². The Bertz CT molecular complexity index is 4330. The molecule has 15 rings (SSSR count). The first-order valence-electron chi connectivity index (χ1n) is 27.8. The molecule has 0 bridgehead atoms. The second kappa shape index (κ2) is 16.8. The van der Waals surface area contributed by atoms with Crippen molar-refractivity contribution in [2.75, 3.05) is 9.80 Å². The Hall–Kier alpha value is -8.86. The van der Waals surface area contributed by atoms with Crippen LogP contribution < -0.4 is 9.80 Å². The summed E-state index contributed by atoms with van der Waals surface area (Å²) in [4.78, 5) is 4.81. The van der Waals surface area contributed by atoms with Crippen molar-refractivity contribution in [3.8, 4) is 22.3 Å². The van der Waals surface area contributed by atoms with Crippen molar-refractivity contribution in [2.24, 2.45) is 0 Å². The number of hydrogen-bond acceptors (Lipinski definition) is 4. The molecule has 0 radical (unpaired) electrons. The zero-order valence-electron chi connectivity index (χ0n) is 45.5. The molecule has 0 atom stereocenters. The van der Waals surface area contributed by atoms with Crippen molar-refractivity contribution >= 4 is 99.5 Å². The molecule has 0 aliphatic heterocycles. The zero-order valence-corrected chi connectivity index (χ0v) is 45.5. The predicted molar refractivity (Wildman–Crippen MR) is 329 cm³/mol. The van der Waals surface area contributed by atoms with E-state index in [0.717, 1.165) is 99.5 Å². The molecule has 4 heteroatoms. The Morgan fingerprint density at radius 1 is 0.321 bits per heavy atom. The quantitative estimate of drug-likeness (QED) is 0.152. The zero-order chi connectivity index (χ0) is 52.9. The largest absolute Gasteiger partial charge is 0.455 e. The smallest absolute Gasteiger partial charge is 0.143 e. The first kappa shape index (κ1) is 46.4. The molecule has 0 unspecified atom stereocenters. The van der Waals surface area contributed by atoms with E-state index in [0.29, 0.717) is 11.8 Å². The second-order valence-electron chi connectivity index (χ2n) is 23.7. The van der Waals surface area contributed by atoms with Crippen LogP contribution in [0.25, 0.3) is 87.7 Å². The van der Waals surface area contributed by atoms with E-state index in [1.54, 1.807) is 0 Å². The van der Waals surface area contributed by atoms with E-state index in [-0.39, 0.29) is 10.8 Å². The van der Waals surface area contributed by atoms with Crippen molar-refractivity contribution in [1.82, 2.24) is 0 Å². The fraction of sp³-hybridized carbons (Fsp3) is 0.162. The molecular formula is C74H60N2O2. The first-order valence-corrected chi connectivity index (χ1v) is 27.8. The summed E-state index contributed by atoms with van der Waals surface area (Å²) in [5, 5.41) is 8.69. The van der Waals surface area contributed by atoms with E-state index in [4.69, 9.17) is 8.83 Å². The fourth-order valence-corrected chi connectivity index (χ4v) is 13.6. The number of anilines is 6. The maximum Gasteiger partial charge on any atom is 0.143 e. The average molecular weight is 1010 g/mol. The summed E-state index contributed by atoms with van der Waals surface area (Å²) in [5.41, 5.74) is 23.4. The fourth-order valence-electron chi connectivity index (χ4n) is 13.6. The molecular weight excluding hydrogens is 949 g/mol. The molecule has 2 aromatic heterocycles. The number of furan rings is 2. The number of hydrogen-bond donors (Lipinski definition) is 0. The van der Waals surface area contributed by atoms with Gasteiger partial charge in [-0.05, 0) is 187 Å². The molecule has 0 fully saturated rings. The number of benzene rings is 11. The summed E-state index contributed by atoms with van der Waals surface area (Å²) in [5.74, 6) is 0.883. The minimum Gasteiger partial charge on any atom is -0.455 e. The highest BCUT2D eigenvalue weighted by Gasteiger charge is 2.37. The molecule has 13 aromatic rings. The van der Waals surface area contributed by atoms with Crippen LogP contribution in [0.2, 0.25) is 0 Å². The molecule has 11 aromatic carbocycles. The van der Waals surface area contributed by atoms with Gasteiger partial charge in [0.2, 0.25) is 0 Å². The standard InChI is InChI=1S/C74H60N2O2/c1-43(2)45-17-23-49(24-18-45)75(53-29-35-65-61(41-53)57-13-9-11-15-63(57)73(65,5)6)51-27-33-55-47(39-51)21-31-59-69-67(77-71(55)59)37-38-68-70(69)60-32-22-48-40-52(28-34-56(48)72(60)78-68)76(50-25-19-46(20-26-50)44(3)4)54-30-36-66-62(42-54)58-14-10-12-16-64(58)74(66,7)8/h9-44H,1-8H3. The SMILES string of the molecule is CC(C)c1ccc(N(c2ccc3c(c2)-c2ccccc2C3(C)C)c2ccc3c(ccc4c3oc3ccc5oc6c7ccc(N(c8ccc(C(C)C)cc8)c8ccc9c(c8)-c8ccccc8C9(C)C)cc7ccc6c5c34)c2)cc1. The van der Waals surface area contributed by atoms with Crippen molar-refractivity contribution in [3.05, 3.63) is 240 Å². The lowest BCUT2D eigenvalue weighted by molar-refractivity contribution is 0.660. The first-order chi connectivity index (χ1) is 37.8. The van der Waals surface area contributed by atoms with Crippen molar-refractivity contribution in [1.29, 1.82) is 0 Å². The van der Waals surface area contributed by atoms with Gasteiger partial charge in [0, 0.05) is 77.3 Å². The lowest BCUT2D eigenvalue weighted by Gasteiger charge is -2.27. The monoisotopic (exact) mass is 1010 g/mol. The Balaban J connectivity index is 0.838. The van der Waals surface area contributed by atoms with Gasteiger partial charge in [-0.2, -0.15) is 0 Å². The van der Waals surface area contributed by atoms with Crippen molar-refractivity contribution in [3.63, 3.8) is 0 Å². The maximum atomic E-state index is 6.93. The summed E-state index contributed by atoms with van der Waals surface area (Å²) < 4.78 is 13.9. The molecule has 2 aliphatic rings. The van der Waals surface area contributed by atoms with Gasteiger partial charge in [-0.25, -0.2) is 0 Å². The summed E-state index contributed by atoms with van der Waals surface area (Å²) in [7, 11) is 0. The third-order valence-electron chi connectivity index (χ3n) is 17.8. The maximum absolute atomic E-state index is 6.93. The highest BCUT2D eigenvalue weighted by molar-refractivity contribution is 6.30. The molecule has 378 valence electrons. The minimum atomic E-state index is -0.0683. The van der Waals surface area contributed by atoms with E-state index < -0.39 is 0 Å². The predicted octanol–water partition coefficient (Wildman–Crippen LogP) is 21.6. The Kier molecular flexibility index (Phi) is 10.0. The van der Waals surface area contributed by atoms with E-state index in [2.05, 4.69) is 271 Å². The molecule has 0 amide bonds. The summed E-state index contributed by atoms with van der Waals surface area (Å²) in [6, 6.07) is 76.8. The molecule has 4 nitrogen and oxygen atoms in total. The molecule has 78 heavy (non-hydrogen) atoms. The van der Waals surface area contributed by atoms with Crippen molar-refractivity contribution < 1.29 is 8.83 Å². The van der Waals surface area contributed by atoms with Crippen LogP contribution in [0.3, 0.4) is 0 Å². The van der Waals surface area contributed by atoms with Gasteiger partial charge in [-0.3, -0.25) is 0 Å². The lowest BCUT2D eigenvalue weighted by atomic mass is 9.82. The van der Waals surface area contributed by atoms with Crippen LogP contribution in [0.15, 0.2) is 215 Å². The number of rotatable bonds is 8. The molecule has 0 saturated heterocycles. The van der Waals surface area contributed by atoms with Gasteiger partial charge >= 0.3 is 0 Å². The third-order valence-corrected chi connectivity index (χ3v) is 17.8. The van der Waals surface area contributed by atoms with Gasteiger partial charge in [0.1, 0.15) is 22.3 Å².